The molecule has 2 aromatic carbocycles. The van der Waals surface area contributed by atoms with Crippen molar-refractivity contribution in [2.75, 3.05) is 0 Å². The van der Waals surface area contributed by atoms with Gasteiger partial charge in [0.2, 0.25) is 0 Å². The van der Waals surface area contributed by atoms with E-state index < -0.39 is 0 Å². The second-order valence-electron chi connectivity index (χ2n) is 4.81. The SMILES string of the molecule is CCC(N)Cc1ccc(Oc2cc(Cl)ccc2Cl)c(Br)c1. The standard InChI is InChI=1S/C16H16BrCl2NO/c1-2-12(20)7-10-3-6-15(13(17)8-10)21-16-9-11(18)4-5-14(16)19/h3-6,8-9,12H,2,7,20H2,1H3. The van der Waals surface area contributed by atoms with E-state index >= 15 is 0 Å². The van der Waals surface area contributed by atoms with Gasteiger partial charge < -0.3 is 10.5 Å². The van der Waals surface area contributed by atoms with Crippen LogP contribution in [0, 0.1) is 0 Å². The summed E-state index contributed by atoms with van der Waals surface area (Å²) in [5.74, 6) is 1.22. The predicted octanol–water partition coefficient (Wildman–Crippen LogP) is 5.83. The summed E-state index contributed by atoms with van der Waals surface area (Å²) < 4.78 is 6.67. The molecule has 0 aliphatic carbocycles. The maximum Gasteiger partial charge on any atom is 0.147 e. The average molecular weight is 389 g/mol. The van der Waals surface area contributed by atoms with Crippen LogP contribution in [0.3, 0.4) is 0 Å². The quantitative estimate of drug-likeness (QED) is 0.699. The fourth-order valence-corrected chi connectivity index (χ4v) is 2.70. The Hall–Kier alpha value is -0.740. The number of nitrogens with two attached hydrogens (primary N) is 1. The number of hydrogen-bond acceptors (Lipinski definition) is 2. The van der Waals surface area contributed by atoms with E-state index in [1.807, 2.05) is 18.2 Å². The highest BCUT2D eigenvalue weighted by atomic mass is 79.9. The number of rotatable bonds is 5. The molecule has 5 heteroatoms. The lowest BCUT2D eigenvalue weighted by Gasteiger charge is -2.13. The minimum atomic E-state index is 0.172. The van der Waals surface area contributed by atoms with Gasteiger partial charge in [0, 0.05) is 17.1 Å². The van der Waals surface area contributed by atoms with Crippen molar-refractivity contribution in [2.45, 2.75) is 25.8 Å². The molecule has 0 saturated heterocycles. The van der Waals surface area contributed by atoms with Gasteiger partial charge in [0.15, 0.2) is 0 Å². The molecule has 1 unspecified atom stereocenters. The van der Waals surface area contributed by atoms with Gasteiger partial charge in [-0.3, -0.25) is 0 Å². The van der Waals surface area contributed by atoms with Crippen molar-refractivity contribution < 1.29 is 4.74 Å². The highest BCUT2D eigenvalue weighted by Gasteiger charge is 2.09. The molecular formula is C16H16BrCl2NO. The minimum absolute atomic E-state index is 0.172. The Morgan fingerprint density at radius 3 is 2.57 bits per heavy atom. The molecule has 0 radical (unpaired) electrons. The molecule has 0 aliphatic rings. The Morgan fingerprint density at radius 1 is 1.14 bits per heavy atom. The van der Waals surface area contributed by atoms with Gasteiger partial charge in [-0.15, -0.1) is 0 Å². The van der Waals surface area contributed by atoms with Crippen LogP contribution in [0.1, 0.15) is 18.9 Å². The van der Waals surface area contributed by atoms with E-state index in [9.17, 15) is 0 Å². The van der Waals surface area contributed by atoms with E-state index in [2.05, 4.69) is 22.9 Å². The molecule has 0 saturated carbocycles. The molecule has 2 rings (SSSR count). The topological polar surface area (TPSA) is 35.2 Å². The average Bonchev–Trinajstić information content (AvgIpc) is 2.45. The first-order valence-corrected chi connectivity index (χ1v) is 8.21. The Labute approximate surface area is 143 Å². The van der Waals surface area contributed by atoms with Gasteiger partial charge in [-0.1, -0.05) is 36.2 Å². The van der Waals surface area contributed by atoms with Crippen molar-refractivity contribution in [2.24, 2.45) is 5.73 Å². The third-order valence-corrected chi connectivity index (χ3v) is 4.30. The van der Waals surface area contributed by atoms with Crippen LogP contribution in [0.4, 0.5) is 0 Å². The van der Waals surface area contributed by atoms with Gasteiger partial charge >= 0.3 is 0 Å². The number of halogens is 3. The molecule has 1 atom stereocenters. The van der Waals surface area contributed by atoms with Crippen molar-refractivity contribution in [3.05, 3.63) is 56.5 Å². The maximum absolute atomic E-state index is 6.10. The number of hydrogen-bond donors (Lipinski definition) is 1. The van der Waals surface area contributed by atoms with Crippen LogP contribution in [-0.4, -0.2) is 6.04 Å². The summed E-state index contributed by atoms with van der Waals surface area (Å²) in [4.78, 5) is 0. The van der Waals surface area contributed by atoms with Gasteiger partial charge in [-0.05, 0) is 58.6 Å². The summed E-state index contributed by atoms with van der Waals surface area (Å²) in [5, 5.41) is 1.10. The lowest BCUT2D eigenvalue weighted by Crippen LogP contribution is -2.21. The van der Waals surface area contributed by atoms with Crippen LogP contribution in [-0.2, 0) is 6.42 Å². The monoisotopic (exact) mass is 387 g/mol. The molecular weight excluding hydrogens is 373 g/mol. The van der Waals surface area contributed by atoms with Crippen LogP contribution in [0.25, 0.3) is 0 Å². The van der Waals surface area contributed by atoms with E-state index in [0.29, 0.717) is 21.5 Å². The van der Waals surface area contributed by atoms with E-state index in [1.165, 1.54) is 5.56 Å². The second-order valence-corrected chi connectivity index (χ2v) is 6.51. The molecule has 112 valence electrons. The van der Waals surface area contributed by atoms with Gasteiger partial charge in [0.1, 0.15) is 11.5 Å². The first-order chi connectivity index (χ1) is 9.99. The fraction of sp³-hybridized carbons (Fsp3) is 0.250. The molecule has 0 bridgehead atoms. The molecule has 0 heterocycles. The summed E-state index contributed by atoms with van der Waals surface area (Å²) in [6, 6.07) is 11.2. The molecule has 2 nitrogen and oxygen atoms in total. The van der Waals surface area contributed by atoms with Crippen LogP contribution >= 0.6 is 39.1 Å². The first-order valence-electron chi connectivity index (χ1n) is 6.66. The highest BCUT2D eigenvalue weighted by molar-refractivity contribution is 9.10. The lowest BCUT2D eigenvalue weighted by atomic mass is 10.0. The van der Waals surface area contributed by atoms with Crippen molar-refractivity contribution >= 4 is 39.1 Å². The smallest absolute Gasteiger partial charge is 0.147 e. The van der Waals surface area contributed by atoms with Crippen LogP contribution in [0.5, 0.6) is 11.5 Å². The summed E-state index contributed by atoms with van der Waals surface area (Å²) in [7, 11) is 0. The zero-order valence-electron chi connectivity index (χ0n) is 11.6. The van der Waals surface area contributed by atoms with Gasteiger partial charge in [0.05, 0.1) is 9.50 Å². The van der Waals surface area contributed by atoms with Gasteiger partial charge in [0.25, 0.3) is 0 Å². The van der Waals surface area contributed by atoms with Crippen molar-refractivity contribution in [1.29, 1.82) is 0 Å². The minimum Gasteiger partial charge on any atom is -0.455 e. The van der Waals surface area contributed by atoms with E-state index in [1.54, 1.807) is 18.2 Å². The van der Waals surface area contributed by atoms with Crippen molar-refractivity contribution in [1.82, 2.24) is 0 Å². The largest absolute Gasteiger partial charge is 0.455 e. The maximum atomic E-state index is 6.10. The molecule has 2 aromatic rings. The Morgan fingerprint density at radius 2 is 1.90 bits per heavy atom. The molecule has 21 heavy (non-hydrogen) atoms. The summed E-state index contributed by atoms with van der Waals surface area (Å²) in [6.45, 7) is 2.08. The first kappa shape index (κ1) is 16.6. The summed E-state index contributed by atoms with van der Waals surface area (Å²) in [5.41, 5.74) is 7.14. The second kappa shape index (κ2) is 7.50. The van der Waals surface area contributed by atoms with Crippen molar-refractivity contribution in [3.8, 4) is 11.5 Å². The zero-order valence-corrected chi connectivity index (χ0v) is 14.7. The van der Waals surface area contributed by atoms with Crippen LogP contribution < -0.4 is 10.5 Å². The summed E-state index contributed by atoms with van der Waals surface area (Å²) in [6.07, 6.45) is 1.79. The van der Waals surface area contributed by atoms with E-state index in [4.69, 9.17) is 33.7 Å². The lowest BCUT2D eigenvalue weighted by molar-refractivity contribution is 0.479. The van der Waals surface area contributed by atoms with Crippen LogP contribution in [0.2, 0.25) is 10.0 Å². The van der Waals surface area contributed by atoms with E-state index in [-0.39, 0.29) is 6.04 Å². The molecule has 0 aromatic heterocycles. The highest BCUT2D eigenvalue weighted by Crippen LogP contribution is 2.35. The van der Waals surface area contributed by atoms with Crippen LogP contribution in [0.15, 0.2) is 40.9 Å². The van der Waals surface area contributed by atoms with Gasteiger partial charge in [-0.25, -0.2) is 0 Å². The zero-order chi connectivity index (χ0) is 15.4. The molecule has 0 spiro atoms. The van der Waals surface area contributed by atoms with Gasteiger partial charge in [-0.2, -0.15) is 0 Å². The Bertz CT molecular complexity index is 634. The number of benzene rings is 2. The Balaban J connectivity index is 2.19. The molecule has 0 fully saturated rings. The summed E-state index contributed by atoms with van der Waals surface area (Å²) >= 11 is 15.6. The predicted molar refractivity (Wildman–Crippen MR) is 92.6 cm³/mol. The normalized spacial score (nSPS) is 12.2. The molecule has 0 aliphatic heterocycles. The third kappa shape index (κ3) is 4.62. The van der Waals surface area contributed by atoms with Crippen molar-refractivity contribution in [3.63, 3.8) is 0 Å². The Kier molecular flexibility index (Phi) is 5.94. The van der Waals surface area contributed by atoms with E-state index in [0.717, 1.165) is 17.3 Å². The molecule has 2 N–H and O–H groups in total. The third-order valence-electron chi connectivity index (χ3n) is 3.13. The number of ether oxygens (including phenoxy) is 1. The fourth-order valence-electron chi connectivity index (χ4n) is 1.88. The molecule has 0 amide bonds.